The summed E-state index contributed by atoms with van der Waals surface area (Å²) in [7, 11) is 0. The smallest absolute Gasteiger partial charge is 0.314 e. The zero-order chi connectivity index (χ0) is 37.9. The lowest BCUT2D eigenvalue weighted by atomic mass is 9.93. The molecule has 2 N–H and O–H groups in total. The van der Waals surface area contributed by atoms with E-state index in [1.54, 1.807) is 12.3 Å². The van der Waals surface area contributed by atoms with Gasteiger partial charge in [-0.1, -0.05) is 56.7 Å². The molecule has 10 rings (SSSR count). The van der Waals surface area contributed by atoms with Gasteiger partial charge < -0.3 is 34.1 Å². The first-order valence-electron chi connectivity index (χ1n) is 18.3. The number of anilines is 1. The summed E-state index contributed by atoms with van der Waals surface area (Å²) < 4.78 is 26.5. The van der Waals surface area contributed by atoms with Gasteiger partial charge in [-0.25, -0.2) is 4.98 Å². The number of amides is 1. The number of carboxylic acid groups (broad SMARTS) is 1. The molecule has 0 saturated heterocycles. The highest BCUT2D eigenvalue weighted by Crippen LogP contribution is 2.53. The van der Waals surface area contributed by atoms with E-state index in [4.69, 9.17) is 35.3 Å². The molecule has 0 atom stereocenters. The van der Waals surface area contributed by atoms with E-state index in [9.17, 15) is 19.5 Å². The summed E-state index contributed by atoms with van der Waals surface area (Å²) in [5.74, 6) is 2.76. The molecule has 6 aliphatic rings. The predicted octanol–water partition coefficient (Wildman–Crippen LogP) is 7.94. The number of fused-ring (bicyclic) bond motifs is 3. The maximum absolute atomic E-state index is 12.6. The van der Waals surface area contributed by atoms with Crippen LogP contribution in [0.1, 0.15) is 86.6 Å². The normalized spacial score (nSPS) is 18.5. The second kappa shape index (κ2) is 15.3. The minimum absolute atomic E-state index is 0.0138. The van der Waals surface area contributed by atoms with E-state index >= 15 is 0 Å². The zero-order valence-electron chi connectivity index (χ0n) is 30.3. The number of benzene rings is 3. The number of nitrogens with zero attached hydrogens (tertiary/aromatic N) is 1. The molecule has 1 aromatic heterocycles. The van der Waals surface area contributed by atoms with Crippen molar-refractivity contribution in [2.45, 2.75) is 88.3 Å². The van der Waals surface area contributed by atoms with Crippen LogP contribution in [0.25, 0.3) is 0 Å². The van der Waals surface area contributed by atoms with E-state index in [0.29, 0.717) is 30.5 Å². The van der Waals surface area contributed by atoms with Crippen molar-refractivity contribution in [2.75, 3.05) is 18.9 Å². The molecule has 54 heavy (non-hydrogen) atoms. The molecular formula is C42H43ClN2O9. The number of halogens is 1. The van der Waals surface area contributed by atoms with Crippen molar-refractivity contribution >= 4 is 34.5 Å². The van der Waals surface area contributed by atoms with E-state index in [1.807, 2.05) is 66.7 Å². The Morgan fingerprint density at radius 2 is 1.20 bits per heavy atom. The van der Waals surface area contributed by atoms with E-state index in [1.165, 1.54) is 12.0 Å². The molecule has 3 aliphatic heterocycles. The van der Waals surface area contributed by atoms with Gasteiger partial charge in [-0.05, 0) is 114 Å². The van der Waals surface area contributed by atoms with Crippen LogP contribution in [0, 0.1) is 0 Å². The van der Waals surface area contributed by atoms with Crippen molar-refractivity contribution in [1.82, 2.24) is 4.98 Å². The number of carboxylic acids is 1. The third-order valence-electron chi connectivity index (χ3n) is 10.5. The summed E-state index contributed by atoms with van der Waals surface area (Å²) in [6, 6.07) is 22.7. The monoisotopic (exact) mass is 754 g/mol. The molecule has 0 bridgehead atoms. The number of hydrogen-bond donors (Lipinski definition) is 2. The van der Waals surface area contributed by atoms with E-state index in [2.05, 4.69) is 24.1 Å². The van der Waals surface area contributed by atoms with E-state index in [0.717, 1.165) is 72.3 Å². The SMILES string of the molecule is CCC.O=C(Cl)C1(c2ccc3c(c2)OCO3)CC1.O=C(Nc1ccccn1)C1(c2ccc3c(c2)OCO3)CC1.O=C(O)C1(c2ccc3c(c2)COC3)CC1. The van der Waals surface area contributed by atoms with Crippen molar-refractivity contribution in [3.8, 4) is 23.0 Å². The summed E-state index contributed by atoms with van der Waals surface area (Å²) in [5.41, 5.74) is 3.70. The van der Waals surface area contributed by atoms with Gasteiger partial charge >= 0.3 is 5.97 Å². The van der Waals surface area contributed by atoms with Crippen molar-refractivity contribution in [1.29, 1.82) is 0 Å². The molecule has 4 heterocycles. The third kappa shape index (κ3) is 7.47. The Morgan fingerprint density at radius 1 is 0.685 bits per heavy atom. The van der Waals surface area contributed by atoms with Crippen molar-refractivity contribution < 1.29 is 43.2 Å². The molecule has 3 saturated carbocycles. The topological polar surface area (TPSA) is 143 Å². The van der Waals surface area contributed by atoms with Crippen molar-refractivity contribution in [3.63, 3.8) is 0 Å². The summed E-state index contributed by atoms with van der Waals surface area (Å²) >= 11 is 5.61. The average Bonchev–Trinajstić information content (AvgIpc) is 4.15. The number of aliphatic carboxylic acids is 1. The van der Waals surface area contributed by atoms with E-state index in [-0.39, 0.29) is 24.7 Å². The summed E-state index contributed by atoms with van der Waals surface area (Å²) in [6.07, 6.45) is 7.78. The largest absolute Gasteiger partial charge is 0.481 e. The molecule has 4 aromatic rings. The third-order valence-corrected chi connectivity index (χ3v) is 10.9. The number of pyridine rings is 1. The van der Waals surface area contributed by atoms with Crippen LogP contribution in [0.15, 0.2) is 79.0 Å². The van der Waals surface area contributed by atoms with Crippen LogP contribution in [0.5, 0.6) is 23.0 Å². The number of aromatic nitrogens is 1. The summed E-state index contributed by atoms with van der Waals surface area (Å²) in [6.45, 7) is 6.03. The number of ether oxygens (including phenoxy) is 5. The maximum Gasteiger partial charge on any atom is 0.314 e. The molecule has 11 nitrogen and oxygen atoms in total. The number of carbonyl (C=O) groups excluding carboxylic acids is 2. The Labute approximate surface area is 318 Å². The maximum atomic E-state index is 12.6. The van der Waals surface area contributed by atoms with Crippen molar-refractivity contribution in [3.05, 3.63) is 107 Å². The molecule has 1 amide bonds. The number of carbonyl (C=O) groups is 3. The fourth-order valence-corrected chi connectivity index (χ4v) is 7.08. The van der Waals surface area contributed by atoms with Gasteiger partial charge in [0.15, 0.2) is 23.0 Å². The van der Waals surface area contributed by atoms with Gasteiger partial charge in [0, 0.05) is 6.20 Å². The highest BCUT2D eigenvalue weighted by atomic mass is 35.5. The van der Waals surface area contributed by atoms with Gasteiger partial charge in [0.05, 0.1) is 29.5 Å². The fourth-order valence-electron chi connectivity index (χ4n) is 6.78. The second-order valence-corrected chi connectivity index (χ2v) is 14.7. The van der Waals surface area contributed by atoms with Crippen LogP contribution < -0.4 is 24.3 Å². The Morgan fingerprint density at radius 3 is 1.72 bits per heavy atom. The highest BCUT2D eigenvalue weighted by Gasteiger charge is 2.53. The quantitative estimate of drug-likeness (QED) is 0.179. The molecule has 0 spiro atoms. The summed E-state index contributed by atoms with van der Waals surface area (Å²) in [5, 5.41) is 11.8. The predicted molar refractivity (Wildman–Crippen MR) is 200 cm³/mol. The number of nitrogens with one attached hydrogen (secondary N) is 1. The Kier molecular flexibility index (Phi) is 10.5. The van der Waals surface area contributed by atoms with Crippen LogP contribution in [-0.2, 0) is 48.6 Å². The van der Waals surface area contributed by atoms with Gasteiger partial charge in [-0.2, -0.15) is 0 Å². The first-order valence-corrected chi connectivity index (χ1v) is 18.7. The fraction of sp³-hybridized carbons (Fsp3) is 0.381. The molecular weight excluding hydrogens is 712 g/mol. The molecule has 12 heteroatoms. The van der Waals surface area contributed by atoms with Crippen LogP contribution in [-0.4, -0.2) is 40.8 Å². The molecule has 3 fully saturated rings. The number of rotatable bonds is 7. The summed E-state index contributed by atoms with van der Waals surface area (Å²) in [4.78, 5) is 39.2. The standard InChI is InChI=1S/C16H14N2O3.C12H12O3.C11H9ClO3.C3H8/c19-15(18-14-3-1-2-8-17-14)16(6-7-16)11-4-5-12-13(9-11)21-10-20-12;13-11(14)12(3-4-12)10-2-1-8-6-15-7-9(8)5-10;12-10(13)11(3-4-11)7-1-2-8-9(5-7)15-6-14-8;1-3-2/h1-5,8-9H,6-7,10H2,(H,17,18,19);1-2,5H,3-4,6-7H2,(H,13,14);1-2,5H,3-4,6H2;3H2,1-2H3. The Hall–Kier alpha value is -5.13. The van der Waals surface area contributed by atoms with Crippen LogP contribution in [0.3, 0.4) is 0 Å². The Balaban J connectivity index is 0.000000123. The molecule has 3 aromatic carbocycles. The molecule has 0 unspecified atom stereocenters. The first kappa shape index (κ1) is 37.2. The lowest BCUT2D eigenvalue weighted by Gasteiger charge is -2.15. The van der Waals surface area contributed by atoms with Gasteiger partial charge in [0.25, 0.3) is 0 Å². The lowest BCUT2D eigenvalue weighted by molar-refractivity contribution is -0.140. The van der Waals surface area contributed by atoms with Crippen LogP contribution in [0.4, 0.5) is 5.82 Å². The van der Waals surface area contributed by atoms with Crippen molar-refractivity contribution in [2.24, 2.45) is 0 Å². The van der Waals surface area contributed by atoms with Gasteiger partial charge in [-0.3, -0.25) is 14.4 Å². The minimum atomic E-state index is -0.693. The van der Waals surface area contributed by atoms with Crippen LogP contribution >= 0.6 is 11.6 Å². The number of hydrogen-bond acceptors (Lipinski definition) is 9. The average molecular weight is 755 g/mol. The molecule has 0 radical (unpaired) electrons. The van der Waals surface area contributed by atoms with E-state index < -0.39 is 22.2 Å². The lowest BCUT2D eigenvalue weighted by Crippen LogP contribution is -2.28. The minimum Gasteiger partial charge on any atom is -0.481 e. The highest BCUT2D eigenvalue weighted by molar-refractivity contribution is 6.66. The van der Waals surface area contributed by atoms with Crippen LogP contribution in [0.2, 0.25) is 0 Å². The zero-order valence-corrected chi connectivity index (χ0v) is 31.1. The second-order valence-electron chi connectivity index (χ2n) is 14.3. The first-order chi connectivity index (χ1) is 26.1. The van der Waals surface area contributed by atoms with Gasteiger partial charge in [0.2, 0.25) is 24.7 Å². The van der Waals surface area contributed by atoms with Gasteiger partial charge in [0.1, 0.15) is 5.82 Å². The Bertz CT molecular complexity index is 1960. The molecule has 3 aliphatic carbocycles. The van der Waals surface area contributed by atoms with Gasteiger partial charge in [-0.15, -0.1) is 0 Å². The molecule has 282 valence electrons.